The van der Waals surface area contributed by atoms with Gasteiger partial charge >= 0.3 is 0 Å². The Morgan fingerprint density at radius 1 is 1.00 bits per heavy atom. The number of likely N-dealkylation sites (tertiary alicyclic amines) is 1. The van der Waals surface area contributed by atoms with E-state index in [-0.39, 0.29) is 5.91 Å². The van der Waals surface area contributed by atoms with Gasteiger partial charge in [0.15, 0.2) is 9.84 Å². The molecule has 0 radical (unpaired) electrons. The third-order valence-electron chi connectivity index (χ3n) is 3.92. The third-order valence-corrected chi connectivity index (χ3v) is 5.91. The number of hydrogen-bond donors (Lipinski definition) is 0. The molecule has 1 atom stereocenters. The average Bonchev–Trinajstić information content (AvgIpc) is 2.40. The van der Waals surface area contributed by atoms with Crippen molar-refractivity contribution < 1.29 is 13.2 Å². The largest absolute Gasteiger partial charge is 0.343 e. The van der Waals surface area contributed by atoms with Crippen LogP contribution in [-0.2, 0) is 14.6 Å². The Morgan fingerprint density at radius 2 is 1.52 bits per heavy atom. The van der Waals surface area contributed by atoms with Crippen molar-refractivity contribution in [1.29, 1.82) is 0 Å². The van der Waals surface area contributed by atoms with Crippen molar-refractivity contribution in [2.24, 2.45) is 11.8 Å². The number of nitrogens with zero attached hydrogens (tertiary/aromatic N) is 1. The van der Waals surface area contributed by atoms with Crippen LogP contribution in [0.2, 0.25) is 0 Å². The molecule has 0 spiro atoms. The zero-order valence-corrected chi connectivity index (χ0v) is 15.2. The molecule has 0 aliphatic carbocycles. The maximum Gasteiger partial charge on any atom is 0.219 e. The number of carbonyl (C=O) groups excluding carboxylic acids is 1. The maximum absolute atomic E-state index is 10.9. The lowest BCUT2D eigenvalue weighted by Gasteiger charge is -2.29. The van der Waals surface area contributed by atoms with Gasteiger partial charge in [-0.1, -0.05) is 27.7 Å². The normalized spacial score (nSPS) is 25.0. The molecule has 0 N–H and O–H groups in total. The van der Waals surface area contributed by atoms with Crippen molar-refractivity contribution in [3.05, 3.63) is 0 Å². The van der Waals surface area contributed by atoms with Gasteiger partial charge in [-0.25, -0.2) is 8.42 Å². The summed E-state index contributed by atoms with van der Waals surface area (Å²) >= 11 is 0. The van der Waals surface area contributed by atoms with Gasteiger partial charge in [-0.15, -0.1) is 0 Å². The van der Waals surface area contributed by atoms with Crippen molar-refractivity contribution in [2.75, 3.05) is 24.6 Å². The molecule has 21 heavy (non-hydrogen) atoms. The molecule has 0 bridgehead atoms. The number of carbonyl (C=O) groups is 1. The van der Waals surface area contributed by atoms with E-state index in [0.717, 1.165) is 31.8 Å². The molecule has 2 aliphatic heterocycles. The molecule has 5 heteroatoms. The van der Waals surface area contributed by atoms with E-state index in [4.69, 9.17) is 0 Å². The first kappa shape index (κ1) is 20.4. The van der Waals surface area contributed by atoms with Gasteiger partial charge in [0.05, 0.1) is 11.5 Å². The van der Waals surface area contributed by atoms with E-state index in [2.05, 4.69) is 6.92 Å². The summed E-state index contributed by atoms with van der Waals surface area (Å²) in [5.41, 5.74) is 0. The minimum absolute atomic E-state index is 0.229. The molecule has 2 saturated heterocycles. The molecule has 0 saturated carbocycles. The first-order valence-electron chi connectivity index (χ1n) is 8.26. The second kappa shape index (κ2) is 10.2. The first-order valence-corrected chi connectivity index (χ1v) is 10.1. The molecule has 4 nitrogen and oxygen atoms in total. The van der Waals surface area contributed by atoms with E-state index in [1.807, 2.05) is 25.7 Å². The van der Waals surface area contributed by atoms with E-state index in [0.29, 0.717) is 17.4 Å². The molecule has 0 aromatic rings. The van der Waals surface area contributed by atoms with E-state index in [1.54, 1.807) is 6.92 Å². The SMILES string of the molecule is CC.CC(=O)N1CCC(C)CC1.CC1CCCS(=O)(=O)C1. The predicted molar refractivity (Wildman–Crippen MR) is 89.1 cm³/mol. The highest BCUT2D eigenvalue weighted by molar-refractivity contribution is 7.91. The van der Waals surface area contributed by atoms with E-state index in [1.165, 1.54) is 12.8 Å². The van der Waals surface area contributed by atoms with Crippen molar-refractivity contribution in [2.45, 2.75) is 60.3 Å². The molecular formula is C16H33NO3S. The molecule has 2 heterocycles. The highest BCUT2D eigenvalue weighted by Gasteiger charge is 2.20. The first-order chi connectivity index (χ1) is 9.80. The summed E-state index contributed by atoms with van der Waals surface area (Å²) in [4.78, 5) is 12.8. The van der Waals surface area contributed by atoms with Gasteiger partial charge < -0.3 is 4.90 Å². The van der Waals surface area contributed by atoms with Crippen molar-refractivity contribution in [3.8, 4) is 0 Å². The van der Waals surface area contributed by atoms with Gasteiger partial charge in [-0.3, -0.25) is 4.79 Å². The van der Waals surface area contributed by atoms with Gasteiger partial charge in [0.25, 0.3) is 0 Å². The number of amides is 1. The standard InChI is InChI=1S/C8H15NO.C6H12O2S.C2H6/c1-7-3-5-9(6-4-7)8(2)10;1-6-3-2-4-9(7,8)5-6;1-2/h7H,3-6H2,1-2H3;6H,2-5H2,1H3;1-2H3. The van der Waals surface area contributed by atoms with Crippen LogP contribution in [0.1, 0.15) is 60.3 Å². The smallest absolute Gasteiger partial charge is 0.219 e. The molecule has 1 unspecified atom stereocenters. The predicted octanol–water partition coefficient (Wildman–Crippen LogP) is 3.12. The monoisotopic (exact) mass is 319 g/mol. The topological polar surface area (TPSA) is 54.5 Å². The van der Waals surface area contributed by atoms with E-state index >= 15 is 0 Å². The Balaban J connectivity index is 0.000000342. The van der Waals surface area contributed by atoms with Crippen molar-refractivity contribution >= 4 is 15.7 Å². The van der Waals surface area contributed by atoms with Gasteiger partial charge in [-0.05, 0) is 37.5 Å². The summed E-state index contributed by atoms with van der Waals surface area (Å²) in [7, 11) is -2.63. The second-order valence-corrected chi connectivity index (χ2v) is 8.28. The Hall–Kier alpha value is -0.580. The summed E-state index contributed by atoms with van der Waals surface area (Å²) in [6, 6.07) is 0. The average molecular weight is 320 g/mol. The molecule has 126 valence electrons. The minimum Gasteiger partial charge on any atom is -0.343 e. The Bertz CT molecular complexity index is 384. The molecule has 0 aromatic carbocycles. The maximum atomic E-state index is 10.9. The summed E-state index contributed by atoms with van der Waals surface area (Å²) in [5.74, 6) is 2.26. The van der Waals surface area contributed by atoms with Gasteiger partial charge in [0.2, 0.25) is 5.91 Å². The highest BCUT2D eigenvalue weighted by atomic mass is 32.2. The van der Waals surface area contributed by atoms with Crippen LogP contribution < -0.4 is 0 Å². The van der Waals surface area contributed by atoms with Crippen LogP contribution in [0.15, 0.2) is 0 Å². The van der Waals surface area contributed by atoms with Crippen molar-refractivity contribution in [1.82, 2.24) is 4.90 Å². The Labute approximate surface area is 131 Å². The minimum atomic E-state index is -2.63. The van der Waals surface area contributed by atoms with Crippen LogP contribution in [0.5, 0.6) is 0 Å². The molecule has 2 aliphatic rings. The Kier molecular flexibility index (Phi) is 9.92. The van der Waals surface area contributed by atoms with E-state index < -0.39 is 9.84 Å². The van der Waals surface area contributed by atoms with Crippen LogP contribution in [0, 0.1) is 11.8 Å². The molecular weight excluding hydrogens is 286 g/mol. The number of sulfone groups is 1. The van der Waals surface area contributed by atoms with Gasteiger partial charge in [-0.2, -0.15) is 0 Å². The quantitative estimate of drug-likeness (QED) is 0.689. The lowest BCUT2D eigenvalue weighted by atomic mass is 9.99. The fourth-order valence-electron chi connectivity index (χ4n) is 2.58. The van der Waals surface area contributed by atoms with Gasteiger partial charge in [0, 0.05) is 20.0 Å². The van der Waals surface area contributed by atoms with Crippen LogP contribution >= 0.6 is 0 Å². The summed E-state index contributed by atoms with van der Waals surface area (Å²) in [5, 5.41) is 0. The zero-order valence-electron chi connectivity index (χ0n) is 14.4. The zero-order chi connectivity index (χ0) is 16.5. The third kappa shape index (κ3) is 9.12. The highest BCUT2D eigenvalue weighted by Crippen LogP contribution is 2.16. The van der Waals surface area contributed by atoms with Crippen molar-refractivity contribution in [3.63, 3.8) is 0 Å². The van der Waals surface area contributed by atoms with Gasteiger partial charge in [0.1, 0.15) is 0 Å². The summed E-state index contributed by atoms with van der Waals surface area (Å²) in [6.45, 7) is 11.8. The summed E-state index contributed by atoms with van der Waals surface area (Å²) in [6.07, 6.45) is 4.31. The molecule has 2 fully saturated rings. The fraction of sp³-hybridized carbons (Fsp3) is 0.938. The lowest BCUT2D eigenvalue weighted by molar-refractivity contribution is -0.130. The number of piperidine rings is 1. The van der Waals surface area contributed by atoms with Crippen LogP contribution in [0.25, 0.3) is 0 Å². The fourth-order valence-corrected chi connectivity index (χ4v) is 4.38. The molecule has 2 rings (SSSR count). The number of hydrogen-bond acceptors (Lipinski definition) is 3. The number of rotatable bonds is 0. The Morgan fingerprint density at radius 3 is 1.86 bits per heavy atom. The van der Waals surface area contributed by atoms with Crippen LogP contribution in [0.4, 0.5) is 0 Å². The lowest BCUT2D eigenvalue weighted by Crippen LogP contribution is -2.36. The summed E-state index contributed by atoms with van der Waals surface area (Å²) < 4.78 is 21.7. The van der Waals surface area contributed by atoms with E-state index in [9.17, 15) is 13.2 Å². The van der Waals surface area contributed by atoms with Crippen LogP contribution in [0.3, 0.4) is 0 Å². The molecule has 0 aromatic heterocycles. The second-order valence-electron chi connectivity index (χ2n) is 6.05. The van der Waals surface area contributed by atoms with Crippen LogP contribution in [-0.4, -0.2) is 43.8 Å². The molecule has 1 amide bonds.